The number of rotatable bonds is 5. The summed E-state index contributed by atoms with van der Waals surface area (Å²) in [4.78, 5) is 11.5. The number of thioether (sulfide) groups is 1. The number of carbonyl (C=O) groups is 1. The van der Waals surface area contributed by atoms with Crippen LogP contribution in [0.1, 0.15) is 39.5 Å². The van der Waals surface area contributed by atoms with Crippen LogP contribution in [0.5, 0.6) is 0 Å². The van der Waals surface area contributed by atoms with Crippen LogP contribution in [-0.4, -0.2) is 34.7 Å². The van der Waals surface area contributed by atoms with Gasteiger partial charge in [0.05, 0.1) is 5.60 Å². The van der Waals surface area contributed by atoms with Gasteiger partial charge >= 0.3 is 0 Å². The van der Waals surface area contributed by atoms with E-state index in [1.807, 2.05) is 11.8 Å². The molecule has 0 radical (unpaired) electrons. The molecular formula is C12H23NO2S. The van der Waals surface area contributed by atoms with Gasteiger partial charge in [-0.05, 0) is 36.7 Å². The van der Waals surface area contributed by atoms with Gasteiger partial charge in [0.1, 0.15) is 0 Å². The predicted molar refractivity (Wildman–Crippen MR) is 68.6 cm³/mol. The Kier molecular flexibility index (Phi) is 5.62. The largest absolute Gasteiger partial charge is 0.388 e. The Balaban J connectivity index is 2.19. The summed E-state index contributed by atoms with van der Waals surface area (Å²) in [6.45, 7) is 4.64. The molecule has 1 amide bonds. The Morgan fingerprint density at radius 3 is 2.62 bits per heavy atom. The first kappa shape index (κ1) is 13.8. The molecule has 1 rings (SSSR count). The fourth-order valence-corrected chi connectivity index (χ4v) is 2.95. The summed E-state index contributed by atoms with van der Waals surface area (Å²) in [5, 5.41) is 13.0. The Morgan fingerprint density at radius 1 is 1.44 bits per heavy atom. The molecule has 1 saturated heterocycles. The third-order valence-electron chi connectivity index (χ3n) is 2.99. The van der Waals surface area contributed by atoms with Gasteiger partial charge in [0.25, 0.3) is 0 Å². The number of hydrogen-bond donors (Lipinski definition) is 2. The van der Waals surface area contributed by atoms with Crippen molar-refractivity contribution in [3.63, 3.8) is 0 Å². The highest BCUT2D eigenvalue weighted by Gasteiger charge is 2.29. The first-order chi connectivity index (χ1) is 7.52. The van der Waals surface area contributed by atoms with Crippen molar-refractivity contribution < 1.29 is 9.90 Å². The van der Waals surface area contributed by atoms with E-state index >= 15 is 0 Å². The van der Waals surface area contributed by atoms with E-state index < -0.39 is 5.60 Å². The molecule has 0 bridgehead atoms. The summed E-state index contributed by atoms with van der Waals surface area (Å²) in [6, 6.07) is 0. The number of aliphatic hydroxyl groups is 1. The van der Waals surface area contributed by atoms with Crippen LogP contribution in [0.2, 0.25) is 0 Å². The van der Waals surface area contributed by atoms with Crippen molar-refractivity contribution >= 4 is 17.7 Å². The van der Waals surface area contributed by atoms with Crippen LogP contribution in [-0.2, 0) is 4.79 Å². The zero-order valence-electron chi connectivity index (χ0n) is 10.3. The molecule has 0 unspecified atom stereocenters. The average molecular weight is 245 g/mol. The molecule has 3 nitrogen and oxygen atoms in total. The van der Waals surface area contributed by atoms with E-state index in [4.69, 9.17) is 0 Å². The number of amides is 1. The maximum Gasteiger partial charge on any atom is 0.220 e. The van der Waals surface area contributed by atoms with Gasteiger partial charge in [-0.1, -0.05) is 13.8 Å². The number of carbonyl (C=O) groups excluding carboxylic acids is 1. The Labute approximate surface area is 102 Å². The fraction of sp³-hybridized carbons (Fsp3) is 0.917. The maximum absolute atomic E-state index is 11.5. The number of hydrogen-bond acceptors (Lipinski definition) is 3. The molecule has 16 heavy (non-hydrogen) atoms. The SMILES string of the molecule is CC(C)CCC(=O)NCC1(O)CCSCC1. The summed E-state index contributed by atoms with van der Waals surface area (Å²) in [6.07, 6.45) is 3.08. The molecule has 4 heteroatoms. The second-order valence-corrected chi connectivity index (χ2v) is 6.27. The van der Waals surface area contributed by atoms with Crippen LogP contribution in [0.4, 0.5) is 0 Å². The summed E-state index contributed by atoms with van der Waals surface area (Å²) < 4.78 is 0. The molecule has 1 aliphatic rings. The van der Waals surface area contributed by atoms with Crippen molar-refractivity contribution in [2.24, 2.45) is 5.92 Å². The zero-order valence-corrected chi connectivity index (χ0v) is 11.1. The fourth-order valence-electron chi connectivity index (χ4n) is 1.70. The molecule has 1 heterocycles. The van der Waals surface area contributed by atoms with E-state index in [0.29, 0.717) is 18.9 Å². The molecule has 0 aromatic heterocycles. The Bertz CT molecular complexity index is 225. The molecule has 0 saturated carbocycles. The molecule has 94 valence electrons. The summed E-state index contributed by atoms with van der Waals surface area (Å²) >= 11 is 1.87. The molecule has 0 aliphatic carbocycles. The molecule has 0 aromatic rings. The van der Waals surface area contributed by atoms with Crippen LogP contribution in [0, 0.1) is 5.92 Å². The zero-order chi connectivity index (χ0) is 12.0. The lowest BCUT2D eigenvalue weighted by atomic mass is 9.97. The van der Waals surface area contributed by atoms with Crippen molar-refractivity contribution in [3.05, 3.63) is 0 Å². The summed E-state index contributed by atoms with van der Waals surface area (Å²) in [5.41, 5.74) is -0.654. The van der Waals surface area contributed by atoms with Gasteiger partial charge in [0, 0.05) is 13.0 Å². The minimum absolute atomic E-state index is 0.0698. The topological polar surface area (TPSA) is 49.3 Å². The van der Waals surface area contributed by atoms with Crippen molar-refractivity contribution in [1.29, 1.82) is 0 Å². The highest BCUT2D eigenvalue weighted by Crippen LogP contribution is 2.26. The van der Waals surface area contributed by atoms with Gasteiger partial charge in [0.2, 0.25) is 5.91 Å². The molecule has 0 spiro atoms. The third kappa shape index (κ3) is 5.21. The molecule has 0 atom stereocenters. The van der Waals surface area contributed by atoms with Crippen LogP contribution in [0.3, 0.4) is 0 Å². The minimum Gasteiger partial charge on any atom is -0.388 e. The summed E-state index contributed by atoms with van der Waals surface area (Å²) in [7, 11) is 0. The monoisotopic (exact) mass is 245 g/mol. The lowest BCUT2D eigenvalue weighted by Crippen LogP contribution is -2.45. The Hall–Kier alpha value is -0.220. The van der Waals surface area contributed by atoms with Crippen molar-refractivity contribution in [3.8, 4) is 0 Å². The second-order valence-electron chi connectivity index (χ2n) is 5.05. The quantitative estimate of drug-likeness (QED) is 0.776. The maximum atomic E-state index is 11.5. The van der Waals surface area contributed by atoms with Crippen molar-refractivity contribution in [1.82, 2.24) is 5.32 Å². The first-order valence-electron chi connectivity index (χ1n) is 6.09. The highest BCUT2D eigenvalue weighted by molar-refractivity contribution is 7.99. The lowest BCUT2D eigenvalue weighted by molar-refractivity contribution is -0.122. The average Bonchev–Trinajstić information content (AvgIpc) is 2.25. The predicted octanol–water partition coefficient (Wildman–Crippen LogP) is 1.80. The summed E-state index contributed by atoms with van der Waals surface area (Å²) in [5.74, 6) is 2.62. The minimum atomic E-state index is -0.654. The van der Waals surface area contributed by atoms with Gasteiger partial charge < -0.3 is 10.4 Å². The van der Waals surface area contributed by atoms with Crippen LogP contribution in [0.15, 0.2) is 0 Å². The Morgan fingerprint density at radius 2 is 2.06 bits per heavy atom. The van der Waals surface area contributed by atoms with Crippen LogP contribution in [0.25, 0.3) is 0 Å². The van der Waals surface area contributed by atoms with Crippen molar-refractivity contribution in [2.75, 3.05) is 18.1 Å². The second kappa shape index (κ2) is 6.50. The smallest absolute Gasteiger partial charge is 0.220 e. The molecular weight excluding hydrogens is 222 g/mol. The van der Waals surface area contributed by atoms with Crippen molar-refractivity contribution in [2.45, 2.75) is 45.1 Å². The van der Waals surface area contributed by atoms with Gasteiger partial charge in [0.15, 0.2) is 0 Å². The van der Waals surface area contributed by atoms with Crippen LogP contribution < -0.4 is 5.32 Å². The number of nitrogens with one attached hydrogen (secondary N) is 1. The van der Waals surface area contributed by atoms with E-state index in [-0.39, 0.29) is 5.91 Å². The van der Waals surface area contributed by atoms with E-state index in [1.165, 1.54) is 0 Å². The van der Waals surface area contributed by atoms with E-state index in [2.05, 4.69) is 19.2 Å². The normalized spacial score (nSPS) is 19.8. The van der Waals surface area contributed by atoms with Crippen LogP contribution >= 0.6 is 11.8 Å². The van der Waals surface area contributed by atoms with Gasteiger partial charge in [-0.3, -0.25) is 4.79 Å². The van der Waals surface area contributed by atoms with Gasteiger partial charge in [-0.2, -0.15) is 11.8 Å². The highest BCUT2D eigenvalue weighted by atomic mass is 32.2. The van der Waals surface area contributed by atoms with E-state index in [0.717, 1.165) is 30.8 Å². The molecule has 0 aromatic carbocycles. The van der Waals surface area contributed by atoms with E-state index in [1.54, 1.807) is 0 Å². The van der Waals surface area contributed by atoms with Gasteiger partial charge in [-0.15, -0.1) is 0 Å². The third-order valence-corrected chi connectivity index (χ3v) is 3.97. The van der Waals surface area contributed by atoms with E-state index in [9.17, 15) is 9.90 Å². The molecule has 2 N–H and O–H groups in total. The standard InChI is InChI=1S/C12H23NO2S/c1-10(2)3-4-11(14)13-9-12(15)5-7-16-8-6-12/h10,15H,3-9H2,1-2H3,(H,13,14). The lowest BCUT2D eigenvalue weighted by Gasteiger charge is -2.31. The molecule has 1 aliphatic heterocycles. The molecule has 1 fully saturated rings. The van der Waals surface area contributed by atoms with Gasteiger partial charge in [-0.25, -0.2) is 0 Å². The first-order valence-corrected chi connectivity index (χ1v) is 7.24.